The van der Waals surface area contributed by atoms with Crippen molar-refractivity contribution in [3.8, 4) is 0 Å². The van der Waals surface area contributed by atoms with Gasteiger partial charge in [-0.25, -0.2) is 4.79 Å². The quantitative estimate of drug-likeness (QED) is 0.621. The second kappa shape index (κ2) is 7.30. The number of carboxylic acid groups (broad SMARTS) is 1. The monoisotopic (exact) mass is 311 g/mol. The van der Waals surface area contributed by atoms with Gasteiger partial charge in [0, 0.05) is 6.08 Å². The SMILES string of the molecule is NC(=O)CN(CC(N)=O)c1c(Cl)cccc1/C=C/C(=O)O. The average Bonchev–Trinajstić information content (AvgIpc) is 2.34. The number of carbonyl (C=O) groups is 3. The molecule has 0 saturated carbocycles. The van der Waals surface area contributed by atoms with Gasteiger partial charge in [0.15, 0.2) is 0 Å². The molecule has 0 heterocycles. The molecule has 21 heavy (non-hydrogen) atoms. The second-order valence-electron chi connectivity index (χ2n) is 4.14. The molecular formula is C13H14ClN3O4. The second-order valence-corrected chi connectivity index (χ2v) is 4.55. The molecule has 0 aromatic heterocycles. The first-order valence-electron chi connectivity index (χ1n) is 5.82. The number of primary amides is 2. The van der Waals surface area contributed by atoms with Crippen LogP contribution in [0.3, 0.4) is 0 Å². The predicted molar refractivity (Wildman–Crippen MR) is 78.7 cm³/mol. The highest BCUT2D eigenvalue weighted by molar-refractivity contribution is 6.33. The summed E-state index contributed by atoms with van der Waals surface area (Å²) in [7, 11) is 0. The standard InChI is InChI=1S/C13H14ClN3O4/c14-9-3-1-2-8(4-5-12(20)21)13(9)17(6-10(15)18)7-11(16)19/h1-5H,6-7H2,(H2,15,18)(H2,16,19)(H,20,21)/b5-4+. The van der Waals surface area contributed by atoms with E-state index in [9.17, 15) is 14.4 Å². The molecule has 7 nitrogen and oxygen atoms in total. The smallest absolute Gasteiger partial charge is 0.328 e. The molecule has 0 radical (unpaired) electrons. The van der Waals surface area contributed by atoms with E-state index in [-0.39, 0.29) is 18.1 Å². The fourth-order valence-electron chi connectivity index (χ4n) is 1.75. The number of halogens is 1. The van der Waals surface area contributed by atoms with Crippen LogP contribution in [0.2, 0.25) is 5.02 Å². The van der Waals surface area contributed by atoms with Gasteiger partial charge < -0.3 is 21.5 Å². The van der Waals surface area contributed by atoms with Gasteiger partial charge >= 0.3 is 5.97 Å². The molecule has 8 heteroatoms. The Balaban J connectivity index is 3.30. The van der Waals surface area contributed by atoms with Crippen molar-refractivity contribution < 1.29 is 19.5 Å². The van der Waals surface area contributed by atoms with Crippen molar-refractivity contribution in [2.24, 2.45) is 11.5 Å². The van der Waals surface area contributed by atoms with E-state index in [0.29, 0.717) is 11.3 Å². The molecule has 1 aromatic carbocycles. The lowest BCUT2D eigenvalue weighted by molar-refractivity contribution is -0.131. The highest BCUT2D eigenvalue weighted by Gasteiger charge is 2.17. The van der Waals surface area contributed by atoms with E-state index in [4.69, 9.17) is 28.2 Å². The van der Waals surface area contributed by atoms with Crippen LogP contribution >= 0.6 is 11.6 Å². The number of hydrogen-bond donors (Lipinski definition) is 3. The summed E-state index contributed by atoms with van der Waals surface area (Å²) >= 11 is 6.08. The molecule has 0 aliphatic heterocycles. The van der Waals surface area contributed by atoms with Crippen LogP contribution in [0.5, 0.6) is 0 Å². The van der Waals surface area contributed by atoms with E-state index in [0.717, 1.165) is 6.08 Å². The average molecular weight is 312 g/mol. The molecule has 112 valence electrons. The molecule has 0 aliphatic carbocycles. The van der Waals surface area contributed by atoms with Crippen LogP contribution in [0.25, 0.3) is 6.08 Å². The van der Waals surface area contributed by atoms with Gasteiger partial charge in [0.2, 0.25) is 11.8 Å². The number of rotatable bonds is 7. The number of benzene rings is 1. The first-order chi connectivity index (χ1) is 9.81. The van der Waals surface area contributed by atoms with Gasteiger partial charge in [0.1, 0.15) is 0 Å². The van der Waals surface area contributed by atoms with Crippen LogP contribution in [0.4, 0.5) is 5.69 Å². The summed E-state index contributed by atoms with van der Waals surface area (Å²) in [6.45, 7) is -0.554. The van der Waals surface area contributed by atoms with Crippen LogP contribution in [0.1, 0.15) is 5.56 Å². The van der Waals surface area contributed by atoms with Crippen molar-refractivity contribution in [1.82, 2.24) is 0 Å². The Labute approximate surface area is 125 Å². The summed E-state index contributed by atoms with van der Waals surface area (Å²) in [6, 6.07) is 4.75. The maximum Gasteiger partial charge on any atom is 0.328 e. The first-order valence-corrected chi connectivity index (χ1v) is 6.20. The zero-order valence-corrected chi connectivity index (χ0v) is 11.7. The van der Waals surface area contributed by atoms with Gasteiger partial charge in [0.05, 0.1) is 23.8 Å². The van der Waals surface area contributed by atoms with E-state index in [1.165, 1.54) is 11.0 Å². The maximum atomic E-state index is 11.1. The highest BCUT2D eigenvalue weighted by Crippen LogP contribution is 2.30. The lowest BCUT2D eigenvalue weighted by Crippen LogP contribution is -2.40. The lowest BCUT2D eigenvalue weighted by atomic mass is 10.1. The van der Waals surface area contributed by atoms with Crippen LogP contribution in [-0.4, -0.2) is 36.0 Å². The van der Waals surface area contributed by atoms with Crippen molar-refractivity contribution in [2.75, 3.05) is 18.0 Å². The first kappa shape index (κ1) is 16.5. The summed E-state index contributed by atoms with van der Waals surface area (Å²) in [6.07, 6.45) is 2.22. The number of carbonyl (C=O) groups excluding carboxylic acids is 2. The third-order valence-corrected chi connectivity index (χ3v) is 2.74. The summed E-state index contributed by atoms with van der Waals surface area (Å²) in [5.41, 5.74) is 11.0. The minimum atomic E-state index is -1.14. The zero-order chi connectivity index (χ0) is 16.0. The largest absolute Gasteiger partial charge is 0.478 e. The van der Waals surface area contributed by atoms with Crippen LogP contribution in [-0.2, 0) is 14.4 Å². The Morgan fingerprint density at radius 1 is 1.19 bits per heavy atom. The number of hydrogen-bond acceptors (Lipinski definition) is 4. The van der Waals surface area contributed by atoms with Crippen LogP contribution in [0.15, 0.2) is 24.3 Å². The summed E-state index contributed by atoms with van der Waals surface area (Å²) in [5.74, 6) is -2.49. The van der Waals surface area contributed by atoms with E-state index >= 15 is 0 Å². The molecular weight excluding hydrogens is 298 g/mol. The zero-order valence-electron chi connectivity index (χ0n) is 11.0. The van der Waals surface area contributed by atoms with E-state index in [2.05, 4.69) is 0 Å². The number of aliphatic carboxylic acids is 1. The predicted octanol–water partition coefficient (Wildman–Crippen LogP) is 0.215. The van der Waals surface area contributed by atoms with Crippen molar-refractivity contribution in [3.05, 3.63) is 34.9 Å². The minimum absolute atomic E-state index is 0.241. The summed E-state index contributed by atoms with van der Waals surface area (Å²) in [4.78, 5) is 34.2. The van der Waals surface area contributed by atoms with Crippen LogP contribution in [0, 0.1) is 0 Å². The molecule has 0 unspecified atom stereocenters. The third-order valence-electron chi connectivity index (χ3n) is 2.43. The van der Waals surface area contributed by atoms with Crippen molar-refractivity contribution >= 4 is 41.1 Å². The highest BCUT2D eigenvalue weighted by atomic mass is 35.5. The van der Waals surface area contributed by atoms with Gasteiger partial charge in [0.25, 0.3) is 0 Å². The van der Waals surface area contributed by atoms with E-state index < -0.39 is 17.8 Å². The number of anilines is 1. The topological polar surface area (TPSA) is 127 Å². The Kier molecular flexibility index (Phi) is 5.74. The number of amides is 2. The van der Waals surface area contributed by atoms with Gasteiger partial charge in [-0.2, -0.15) is 0 Å². The number of nitrogens with zero attached hydrogens (tertiary/aromatic N) is 1. The fourth-order valence-corrected chi connectivity index (χ4v) is 2.05. The van der Waals surface area contributed by atoms with E-state index in [1.54, 1.807) is 18.2 Å². The number of carboxylic acids is 1. The molecule has 0 spiro atoms. The Hall–Kier alpha value is -2.54. The normalized spacial score (nSPS) is 10.5. The van der Waals surface area contributed by atoms with Gasteiger partial charge in [-0.1, -0.05) is 23.7 Å². The molecule has 0 bridgehead atoms. The summed E-state index contributed by atoms with van der Waals surface area (Å²) < 4.78 is 0. The van der Waals surface area contributed by atoms with Gasteiger partial charge in [-0.05, 0) is 17.7 Å². The Bertz CT molecular complexity index is 585. The Morgan fingerprint density at radius 3 is 2.24 bits per heavy atom. The van der Waals surface area contributed by atoms with Crippen molar-refractivity contribution in [3.63, 3.8) is 0 Å². The van der Waals surface area contributed by atoms with Crippen molar-refractivity contribution in [2.45, 2.75) is 0 Å². The van der Waals surface area contributed by atoms with Gasteiger partial charge in [-0.15, -0.1) is 0 Å². The lowest BCUT2D eigenvalue weighted by Gasteiger charge is -2.24. The minimum Gasteiger partial charge on any atom is -0.478 e. The van der Waals surface area contributed by atoms with Crippen LogP contribution < -0.4 is 16.4 Å². The molecule has 5 N–H and O–H groups in total. The van der Waals surface area contributed by atoms with Crippen molar-refractivity contribution in [1.29, 1.82) is 0 Å². The molecule has 2 amide bonds. The van der Waals surface area contributed by atoms with Gasteiger partial charge in [-0.3, -0.25) is 9.59 Å². The molecule has 0 fully saturated rings. The summed E-state index contributed by atoms with van der Waals surface area (Å²) in [5, 5.41) is 8.92. The Morgan fingerprint density at radius 2 is 1.76 bits per heavy atom. The third kappa shape index (κ3) is 5.15. The van der Waals surface area contributed by atoms with E-state index in [1.807, 2.05) is 0 Å². The number of para-hydroxylation sites is 1. The molecule has 1 rings (SSSR count). The fraction of sp³-hybridized carbons (Fsp3) is 0.154. The molecule has 1 aromatic rings. The molecule has 0 saturated heterocycles. The molecule has 0 atom stereocenters. The molecule has 0 aliphatic rings. The number of nitrogens with two attached hydrogens (primary N) is 2. The maximum absolute atomic E-state index is 11.1.